The molecule has 0 N–H and O–H groups in total. The van der Waals surface area contributed by atoms with Crippen LogP contribution in [0.15, 0.2) is 340 Å². The van der Waals surface area contributed by atoms with Crippen LogP contribution in [-0.4, -0.2) is 37.9 Å². The summed E-state index contributed by atoms with van der Waals surface area (Å²) in [5.41, 5.74) is 27.1. The van der Waals surface area contributed by atoms with Crippen molar-refractivity contribution in [3.63, 3.8) is 0 Å². The predicted octanol–water partition coefficient (Wildman–Crippen LogP) is 24.7. The van der Waals surface area contributed by atoms with Gasteiger partial charge in [0.2, 0.25) is 11.9 Å². The van der Waals surface area contributed by atoms with Crippen molar-refractivity contribution in [2.24, 2.45) is 0 Å². The molecule has 0 unspecified atom stereocenters. The largest absolute Gasteiger partial charge is 0.279 e. The molecule has 0 fully saturated rings. The molecule has 1 aliphatic carbocycles. The summed E-state index contributed by atoms with van der Waals surface area (Å²) in [6.07, 6.45) is 0. The fraction of sp³-hybridized carbons (Fsp3) is 0.0309. The standard InChI is InChI=1S/C51H34N4.C46H28N4/c1-51(2)42-29-35(33-20-19-31-11-3-4-12-32(31)27-33)21-24-37(42)38-25-22-36(30-43(38)51)34-23-26-47-41(28-34)39-13-6-9-17-46(39)54(47)50-53-44-15-7-5-14-40(44)49-52-45-16-8-10-18-48(45)55(49)50;1-2-12-33-32(11-1)28-38(35-14-4-3-13-34(33)35)30-23-21-29(22-24-30)31-25-26-43-39(27-31)36-15-6-9-19-42(36)49(43)46-48-40-17-7-5-16-37(40)45-47-41-18-8-10-20-44(41)50(45)46/h3-30H,1-2H3;1-28H. The zero-order valence-corrected chi connectivity index (χ0v) is 57.4. The van der Waals surface area contributed by atoms with Crippen molar-refractivity contribution in [1.29, 1.82) is 0 Å². The van der Waals surface area contributed by atoms with Crippen molar-refractivity contribution in [2.45, 2.75) is 19.3 Å². The van der Waals surface area contributed by atoms with Gasteiger partial charge in [-0.15, -0.1) is 0 Å². The number of nitrogens with zero attached hydrogens (tertiary/aromatic N) is 8. The summed E-state index contributed by atoms with van der Waals surface area (Å²) >= 11 is 0. The van der Waals surface area contributed by atoms with Crippen LogP contribution in [0.4, 0.5) is 0 Å². The quantitative estimate of drug-likeness (QED) is 0.156. The van der Waals surface area contributed by atoms with Crippen LogP contribution in [0.25, 0.3) is 199 Å². The molecule has 490 valence electrons. The molecule has 6 aromatic heterocycles. The molecular weight excluding hydrogens is 1280 g/mol. The summed E-state index contributed by atoms with van der Waals surface area (Å²) in [6, 6.07) is 123. The van der Waals surface area contributed by atoms with E-state index in [0.29, 0.717) is 0 Å². The van der Waals surface area contributed by atoms with Crippen LogP contribution in [-0.2, 0) is 5.41 Å². The second kappa shape index (κ2) is 22.6. The molecular formula is C97H62N8. The Hall–Kier alpha value is -13.8. The number of hydrogen-bond donors (Lipinski definition) is 0. The molecule has 0 radical (unpaired) electrons. The zero-order valence-electron chi connectivity index (χ0n) is 57.4. The van der Waals surface area contributed by atoms with E-state index in [-0.39, 0.29) is 5.41 Å². The van der Waals surface area contributed by atoms with Gasteiger partial charge < -0.3 is 0 Å². The summed E-state index contributed by atoms with van der Waals surface area (Å²) in [5, 5.41) is 14.5. The molecule has 1 aliphatic rings. The van der Waals surface area contributed by atoms with E-state index < -0.39 is 0 Å². The van der Waals surface area contributed by atoms with Crippen LogP contribution < -0.4 is 0 Å². The SMILES string of the molecule is CC1(C)c2cc(-c3ccc4ccccc4c3)ccc2-c2ccc(-c3ccc4c(c3)c3ccccc3n4-c3nc4ccccc4c4nc5ccccc5n34)cc21.c1ccc2c(c1)cc(-c1ccc(-c3ccc4c(c3)c3ccccc3n4-c3nc4ccccc4c4nc5ccccc5n34)cc1)c1ccccc12. The Balaban J connectivity index is 0.000000132. The third-order valence-electron chi connectivity index (χ3n) is 22.4. The molecule has 0 atom stereocenters. The Morgan fingerprint density at radius 2 is 0.590 bits per heavy atom. The number of benzene rings is 16. The first-order valence-corrected chi connectivity index (χ1v) is 36.0. The van der Waals surface area contributed by atoms with E-state index in [1.165, 1.54) is 121 Å². The molecule has 8 heteroatoms. The van der Waals surface area contributed by atoms with Gasteiger partial charge in [-0.2, -0.15) is 0 Å². The van der Waals surface area contributed by atoms with E-state index in [2.05, 4.69) is 353 Å². The number of para-hydroxylation sites is 8. The van der Waals surface area contributed by atoms with Crippen molar-refractivity contribution in [2.75, 3.05) is 0 Å². The molecule has 22 aromatic rings. The fourth-order valence-electron chi connectivity index (χ4n) is 17.3. The summed E-state index contributed by atoms with van der Waals surface area (Å²) in [4.78, 5) is 20.9. The van der Waals surface area contributed by atoms with Gasteiger partial charge in [-0.1, -0.05) is 244 Å². The van der Waals surface area contributed by atoms with E-state index in [4.69, 9.17) is 19.9 Å². The number of rotatable bonds is 6. The minimum Gasteiger partial charge on any atom is -0.279 e. The number of fused-ring (bicyclic) bond motifs is 23. The van der Waals surface area contributed by atoms with Gasteiger partial charge in [0.1, 0.15) is 11.3 Å². The fourth-order valence-corrected chi connectivity index (χ4v) is 17.3. The third kappa shape index (κ3) is 8.93. The van der Waals surface area contributed by atoms with Gasteiger partial charge in [-0.3, -0.25) is 17.9 Å². The summed E-state index contributed by atoms with van der Waals surface area (Å²) in [7, 11) is 0. The Morgan fingerprint density at radius 3 is 1.14 bits per heavy atom. The van der Waals surface area contributed by atoms with Crippen LogP contribution in [0.5, 0.6) is 0 Å². The van der Waals surface area contributed by atoms with Crippen LogP contribution in [0.2, 0.25) is 0 Å². The number of aromatic nitrogens is 8. The first-order chi connectivity index (χ1) is 51.8. The van der Waals surface area contributed by atoms with Gasteiger partial charge in [0.25, 0.3) is 0 Å². The lowest BCUT2D eigenvalue weighted by molar-refractivity contribution is 0.661. The Kier molecular flexibility index (Phi) is 12.7. The van der Waals surface area contributed by atoms with Gasteiger partial charge in [0, 0.05) is 37.7 Å². The molecule has 23 rings (SSSR count). The smallest absolute Gasteiger partial charge is 0.221 e. The molecule has 6 heterocycles. The first-order valence-electron chi connectivity index (χ1n) is 36.0. The second-order valence-electron chi connectivity index (χ2n) is 28.5. The van der Waals surface area contributed by atoms with E-state index in [9.17, 15) is 0 Å². The van der Waals surface area contributed by atoms with Gasteiger partial charge in [0.15, 0.2) is 0 Å². The summed E-state index contributed by atoms with van der Waals surface area (Å²) in [6.45, 7) is 4.75. The molecule has 0 bridgehead atoms. The van der Waals surface area contributed by atoms with Crippen molar-refractivity contribution < 1.29 is 0 Å². The maximum absolute atomic E-state index is 5.35. The first kappa shape index (κ1) is 58.9. The highest BCUT2D eigenvalue weighted by Gasteiger charge is 2.36. The number of hydrogen-bond acceptors (Lipinski definition) is 4. The van der Waals surface area contributed by atoms with Gasteiger partial charge >= 0.3 is 0 Å². The van der Waals surface area contributed by atoms with Crippen molar-refractivity contribution >= 4 is 131 Å². The molecule has 8 nitrogen and oxygen atoms in total. The highest BCUT2D eigenvalue weighted by atomic mass is 15.2. The van der Waals surface area contributed by atoms with Crippen molar-refractivity contribution in [3.8, 4) is 67.5 Å². The molecule has 16 aromatic carbocycles. The molecule has 0 spiro atoms. The lowest BCUT2D eigenvalue weighted by Crippen LogP contribution is -2.15. The van der Waals surface area contributed by atoms with E-state index in [0.717, 1.165) is 89.1 Å². The van der Waals surface area contributed by atoms with E-state index in [1.54, 1.807) is 0 Å². The van der Waals surface area contributed by atoms with Crippen LogP contribution >= 0.6 is 0 Å². The summed E-state index contributed by atoms with van der Waals surface area (Å²) in [5.74, 6) is 1.67. The second-order valence-corrected chi connectivity index (χ2v) is 28.5. The lowest BCUT2D eigenvalue weighted by Gasteiger charge is -2.22. The average Bonchev–Trinajstić information content (AvgIpc) is 1.58. The van der Waals surface area contributed by atoms with Gasteiger partial charge in [-0.25, -0.2) is 19.9 Å². The lowest BCUT2D eigenvalue weighted by atomic mass is 9.80. The predicted molar refractivity (Wildman–Crippen MR) is 437 cm³/mol. The molecule has 0 amide bonds. The average molecular weight is 1340 g/mol. The monoisotopic (exact) mass is 1340 g/mol. The van der Waals surface area contributed by atoms with Crippen molar-refractivity contribution in [3.05, 3.63) is 351 Å². The van der Waals surface area contributed by atoms with Crippen LogP contribution in [0.1, 0.15) is 25.0 Å². The third-order valence-corrected chi connectivity index (χ3v) is 22.4. The highest BCUT2D eigenvalue weighted by Crippen LogP contribution is 2.52. The summed E-state index contributed by atoms with van der Waals surface area (Å²) < 4.78 is 9.06. The Morgan fingerprint density at radius 1 is 0.219 bits per heavy atom. The molecule has 0 saturated carbocycles. The van der Waals surface area contributed by atoms with Gasteiger partial charge in [-0.05, 0) is 208 Å². The maximum Gasteiger partial charge on any atom is 0.221 e. The highest BCUT2D eigenvalue weighted by molar-refractivity contribution is 6.15. The van der Waals surface area contributed by atoms with Crippen LogP contribution in [0, 0.1) is 0 Å². The zero-order chi connectivity index (χ0) is 69.2. The topological polar surface area (TPSA) is 70.2 Å². The van der Waals surface area contributed by atoms with E-state index in [1.807, 2.05) is 18.2 Å². The maximum atomic E-state index is 5.35. The Bertz CT molecular complexity index is 7450. The molecule has 0 saturated heterocycles. The number of imidazole rings is 2. The molecule has 105 heavy (non-hydrogen) atoms. The van der Waals surface area contributed by atoms with E-state index >= 15 is 0 Å². The Labute approximate surface area is 602 Å². The molecule has 0 aliphatic heterocycles. The van der Waals surface area contributed by atoms with Crippen molar-refractivity contribution in [1.82, 2.24) is 37.9 Å². The minimum atomic E-state index is -0.144. The van der Waals surface area contributed by atoms with Gasteiger partial charge in [0.05, 0.1) is 55.2 Å². The normalized spacial score (nSPS) is 12.7. The van der Waals surface area contributed by atoms with Crippen LogP contribution in [0.3, 0.4) is 0 Å². The minimum absolute atomic E-state index is 0.144.